The largest absolute Gasteiger partial charge is 0.490 e. The normalized spacial score (nSPS) is 15.2. The van der Waals surface area contributed by atoms with Crippen LogP contribution in [0.4, 0.5) is 0 Å². The molecule has 0 spiro atoms. The topological polar surface area (TPSA) is 83.4 Å². The molecule has 0 saturated heterocycles. The molecule has 138 valence electrons. The highest BCUT2D eigenvalue weighted by Crippen LogP contribution is 2.38. The molecule has 0 unspecified atom stereocenters. The lowest BCUT2D eigenvalue weighted by molar-refractivity contribution is 0.229. The molecular weight excluding hydrogens is 410 g/mol. The van der Waals surface area contributed by atoms with Crippen molar-refractivity contribution < 1.29 is 14.0 Å². The Bertz CT molecular complexity index is 719. The standard InChI is InChI=1S/C17H22BrN3O3.ClH/c1-3-22-13-8-11(12(18)10-14(13)23-4-2)9-15-20-16(21-24-15)17(19)6-5-7-17;/h8,10H,3-7,9,19H2,1-2H3;1H. The van der Waals surface area contributed by atoms with E-state index in [1.807, 2.05) is 26.0 Å². The van der Waals surface area contributed by atoms with Crippen LogP contribution in [0.1, 0.15) is 50.4 Å². The summed E-state index contributed by atoms with van der Waals surface area (Å²) >= 11 is 3.58. The molecule has 1 aromatic heterocycles. The minimum atomic E-state index is -0.408. The van der Waals surface area contributed by atoms with Gasteiger partial charge < -0.3 is 19.7 Å². The van der Waals surface area contributed by atoms with Gasteiger partial charge in [0.15, 0.2) is 17.3 Å². The first kappa shape index (κ1) is 20.0. The van der Waals surface area contributed by atoms with Crippen molar-refractivity contribution in [2.24, 2.45) is 5.73 Å². The van der Waals surface area contributed by atoms with Crippen LogP contribution in [-0.4, -0.2) is 23.4 Å². The van der Waals surface area contributed by atoms with Crippen LogP contribution < -0.4 is 15.2 Å². The van der Waals surface area contributed by atoms with Gasteiger partial charge in [0, 0.05) is 4.47 Å². The van der Waals surface area contributed by atoms with Crippen molar-refractivity contribution in [3.8, 4) is 11.5 Å². The first-order chi connectivity index (χ1) is 11.6. The van der Waals surface area contributed by atoms with Gasteiger partial charge >= 0.3 is 0 Å². The molecule has 2 aromatic rings. The maximum Gasteiger partial charge on any atom is 0.231 e. The lowest BCUT2D eigenvalue weighted by atomic mass is 9.77. The van der Waals surface area contributed by atoms with Gasteiger partial charge in [-0.25, -0.2) is 0 Å². The Morgan fingerprint density at radius 1 is 1.20 bits per heavy atom. The number of hydrogen-bond acceptors (Lipinski definition) is 6. The number of nitrogens with zero attached hydrogens (tertiary/aromatic N) is 2. The van der Waals surface area contributed by atoms with Gasteiger partial charge in [0.1, 0.15) is 0 Å². The van der Waals surface area contributed by atoms with Crippen molar-refractivity contribution in [3.05, 3.63) is 33.9 Å². The average Bonchev–Trinajstić information content (AvgIpc) is 2.98. The number of benzene rings is 1. The molecule has 6 nitrogen and oxygen atoms in total. The smallest absolute Gasteiger partial charge is 0.231 e. The highest BCUT2D eigenvalue weighted by atomic mass is 79.9. The van der Waals surface area contributed by atoms with E-state index in [-0.39, 0.29) is 12.4 Å². The quantitative estimate of drug-likeness (QED) is 0.712. The highest BCUT2D eigenvalue weighted by Gasteiger charge is 2.39. The van der Waals surface area contributed by atoms with Crippen molar-refractivity contribution in [1.29, 1.82) is 0 Å². The van der Waals surface area contributed by atoms with Gasteiger partial charge in [-0.05, 0) is 50.8 Å². The number of halogens is 2. The van der Waals surface area contributed by atoms with Gasteiger partial charge in [-0.1, -0.05) is 21.1 Å². The van der Waals surface area contributed by atoms with Gasteiger partial charge in [0.2, 0.25) is 5.89 Å². The van der Waals surface area contributed by atoms with Crippen LogP contribution in [0.5, 0.6) is 11.5 Å². The fraction of sp³-hybridized carbons (Fsp3) is 0.529. The molecule has 2 N–H and O–H groups in total. The molecule has 1 aliphatic rings. The molecule has 8 heteroatoms. The maximum atomic E-state index is 6.25. The van der Waals surface area contributed by atoms with E-state index in [1.165, 1.54) is 0 Å². The minimum Gasteiger partial charge on any atom is -0.490 e. The predicted octanol–water partition coefficient (Wildman–Crippen LogP) is 3.98. The second-order valence-electron chi connectivity index (χ2n) is 5.95. The molecule has 0 bridgehead atoms. The number of nitrogens with two attached hydrogens (primary N) is 1. The summed E-state index contributed by atoms with van der Waals surface area (Å²) in [5, 5.41) is 4.06. The Labute approximate surface area is 162 Å². The Kier molecular flexibility index (Phi) is 6.71. The molecular formula is C17H23BrClN3O3. The van der Waals surface area contributed by atoms with E-state index < -0.39 is 5.54 Å². The van der Waals surface area contributed by atoms with Gasteiger partial charge in [-0.15, -0.1) is 12.4 Å². The van der Waals surface area contributed by atoms with Crippen LogP contribution in [0.15, 0.2) is 21.1 Å². The lowest BCUT2D eigenvalue weighted by Gasteiger charge is -2.34. The zero-order valence-electron chi connectivity index (χ0n) is 14.4. The zero-order chi connectivity index (χ0) is 17.2. The lowest BCUT2D eigenvalue weighted by Crippen LogP contribution is -2.44. The second kappa shape index (κ2) is 8.38. The molecule has 0 radical (unpaired) electrons. The number of ether oxygens (including phenoxy) is 2. The fourth-order valence-electron chi connectivity index (χ4n) is 2.72. The highest BCUT2D eigenvalue weighted by molar-refractivity contribution is 9.10. The van der Waals surface area contributed by atoms with Gasteiger partial charge in [-0.2, -0.15) is 4.98 Å². The minimum absolute atomic E-state index is 0. The summed E-state index contributed by atoms with van der Waals surface area (Å²) in [6.07, 6.45) is 3.44. The fourth-order valence-corrected chi connectivity index (χ4v) is 3.18. The zero-order valence-corrected chi connectivity index (χ0v) is 16.8. The summed E-state index contributed by atoms with van der Waals surface area (Å²) in [5.41, 5.74) is 6.84. The van der Waals surface area contributed by atoms with Crippen LogP contribution in [0.25, 0.3) is 0 Å². The van der Waals surface area contributed by atoms with Crippen molar-refractivity contribution >= 4 is 28.3 Å². The third-order valence-corrected chi connectivity index (χ3v) is 4.95. The van der Waals surface area contributed by atoms with E-state index in [2.05, 4.69) is 26.1 Å². The summed E-state index contributed by atoms with van der Waals surface area (Å²) in [6.45, 7) is 5.04. The molecule has 0 atom stereocenters. The number of rotatable bonds is 7. The third-order valence-electron chi connectivity index (χ3n) is 4.21. The number of aromatic nitrogens is 2. The van der Waals surface area contributed by atoms with Crippen LogP contribution >= 0.6 is 28.3 Å². The molecule has 25 heavy (non-hydrogen) atoms. The summed E-state index contributed by atoms with van der Waals surface area (Å²) < 4.78 is 17.6. The van der Waals surface area contributed by atoms with E-state index in [0.717, 1.165) is 35.0 Å². The van der Waals surface area contributed by atoms with Gasteiger partial charge in [0.05, 0.1) is 25.2 Å². The van der Waals surface area contributed by atoms with Crippen LogP contribution in [0, 0.1) is 0 Å². The van der Waals surface area contributed by atoms with Crippen molar-refractivity contribution in [3.63, 3.8) is 0 Å². The van der Waals surface area contributed by atoms with E-state index in [0.29, 0.717) is 37.1 Å². The van der Waals surface area contributed by atoms with E-state index in [4.69, 9.17) is 19.7 Å². The summed E-state index contributed by atoms with van der Waals surface area (Å²) in [4.78, 5) is 4.48. The molecule has 1 heterocycles. The predicted molar refractivity (Wildman–Crippen MR) is 101 cm³/mol. The van der Waals surface area contributed by atoms with E-state index >= 15 is 0 Å². The van der Waals surface area contributed by atoms with Crippen molar-refractivity contribution in [2.75, 3.05) is 13.2 Å². The summed E-state index contributed by atoms with van der Waals surface area (Å²) in [7, 11) is 0. The Morgan fingerprint density at radius 2 is 1.84 bits per heavy atom. The monoisotopic (exact) mass is 431 g/mol. The first-order valence-electron chi connectivity index (χ1n) is 8.25. The Morgan fingerprint density at radius 3 is 2.40 bits per heavy atom. The third kappa shape index (κ3) is 4.27. The summed E-state index contributed by atoms with van der Waals surface area (Å²) in [6, 6.07) is 3.86. The summed E-state index contributed by atoms with van der Waals surface area (Å²) in [5.74, 6) is 2.59. The molecule has 1 aromatic carbocycles. The SMILES string of the molecule is CCOc1cc(Br)c(Cc2nc(C3(N)CCC3)no2)cc1OCC.Cl. The van der Waals surface area contributed by atoms with E-state index in [9.17, 15) is 0 Å². The molecule has 0 amide bonds. The molecule has 0 aliphatic heterocycles. The molecule has 1 fully saturated rings. The van der Waals surface area contributed by atoms with Gasteiger partial charge in [-0.3, -0.25) is 0 Å². The van der Waals surface area contributed by atoms with Crippen LogP contribution in [0.2, 0.25) is 0 Å². The molecule has 1 saturated carbocycles. The van der Waals surface area contributed by atoms with E-state index in [1.54, 1.807) is 0 Å². The van der Waals surface area contributed by atoms with Crippen molar-refractivity contribution in [1.82, 2.24) is 10.1 Å². The molecule has 3 rings (SSSR count). The van der Waals surface area contributed by atoms with Crippen LogP contribution in [-0.2, 0) is 12.0 Å². The molecule has 1 aliphatic carbocycles. The second-order valence-corrected chi connectivity index (χ2v) is 6.81. The average molecular weight is 433 g/mol. The van der Waals surface area contributed by atoms with Crippen LogP contribution in [0.3, 0.4) is 0 Å². The van der Waals surface area contributed by atoms with Crippen molar-refractivity contribution in [2.45, 2.75) is 45.1 Å². The Hall–Kier alpha value is -1.31. The Balaban J connectivity index is 0.00000225. The first-order valence-corrected chi connectivity index (χ1v) is 9.05. The van der Waals surface area contributed by atoms with Gasteiger partial charge in [0.25, 0.3) is 0 Å². The maximum absolute atomic E-state index is 6.25. The number of hydrogen-bond donors (Lipinski definition) is 1.